The molecule has 0 aliphatic carbocycles. The number of esters is 1. The van der Waals surface area contributed by atoms with E-state index in [-0.39, 0.29) is 31.3 Å². The summed E-state index contributed by atoms with van der Waals surface area (Å²) in [5.41, 5.74) is 1.21. The van der Waals surface area contributed by atoms with Gasteiger partial charge in [0, 0.05) is 6.20 Å². The molecule has 3 aromatic rings. The Balaban J connectivity index is 0.00000320. The fourth-order valence-corrected chi connectivity index (χ4v) is 3.43. The molecule has 0 saturated heterocycles. The van der Waals surface area contributed by atoms with Crippen molar-refractivity contribution in [2.45, 2.75) is 13.2 Å². The topological polar surface area (TPSA) is 104 Å². The number of carbonyl (C=O) groups is 2. The number of amides is 1. The molecule has 0 saturated carbocycles. The van der Waals surface area contributed by atoms with E-state index >= 15 is 0 Å². The molecular weight excluding hydrogens is 432 g/mol. The van der Waals surface area contributed by atoms with E-state index in [4.69, 9.17) is 9.47 Å². The highest BCUT2D eigenvalue weighted by atomic mass is 35.5. The highest BCUT2D eigenvalue weighted by Crippen LogP contribution is 2.10. The molecule has 0 aliphatic rings. The number of carbonyl (C=O) groups excluding carboxylic acids is 2. The summed E-state index contributed by atoms with van der Waals surface area (Å²) in [5.74, 6) is -0.845. The van der Waals surface area contributed by atoms with E-state index in [0.29, 0.717) is 9.54 Å². The molecule has 158 valence electrons. The number of ether oxygens (including phenoxy) is 2. The molecule has 30 heavy (non-hydrogen) atoms. The molecule has 10 heteroatoms. The van der Waals surface area contributed by atoms with Gasteiger partial charge in [-0.1, -0.05) is 60.7 Å². The lowest BCUT2D eigenvalue weighted by molar-refractivity contribution is 0.0464. The second-order valence-electron chi connectivity index (χ2n) is 5.92. The van der Waals surface area contributed by atoms with Gasteiger partial charge in [-0.2, -0.15) is 8.42 Å². The van der Waals surface area contributed by atoms with Gasteiger partial charge in [-0.3, -0.25) is 0 Å². The second-order valence-corrected chi connectivity index (χ2v) is 7.47. The molecule has 0 fully saturated rings. The van der Waals surface area contributed by atoms with Crippen LogP contribution in [0.1, 0.15) is 21.6 Å². The van der Waals surface area contributed by atoms with Crippen LogP contribution in [0.2, 0.25) is 0 Å². The molecule has 1 N–H and O–H groups in total. The number of benzene rings is 2. The van der Waals surface area contributed by atoms with Crippen molar-refractivity contribution in [1.29, 1.82) is 0 Å². The number of aromatic nitrogens is 1. The smallest absolute Gasteiger partial charge is 0.422 e. The van der Waals surface area contributed by atoms with E-state index in [1.807, 2.05) is 6.07 Å². The van der Waals surface area contributed by atoms with Crippen molar-refractivity contribution in [2.24, 2.45) is 0 Å². The molecule has 0 atom stereocenters. The Morgan fingerprint density at radius 3 is 1.90 bits per heavy atom. The minimum atomic E-state index is -4.39. The fourth-order valence-electron chi connectivity index (χ4n) is 2.44. The molecule has 1 amide bonds. The minimum Gasteiger partial charge on any atom is -0.456 e. The number of hydrogen-bond acceptors (Lipinski definition) is 6. The van der Waals surface area contributed by atoms with E-state index in [2.05, 4.69) is 0 Å². The van der Waals surface area contributed by atoms with Crippen LogP contribution in [0.4, 0.5) is 4.79 Å². The molecule has 0 aliphatic heterocycles. The number of halogens is 1. The summed E-state index contributed by atoms with van der Waals surface area (Å²) in [6.07, 6.45) is -0.0301. The Hall–Kier alpha value is -3.30. The Kier molecular flexibility index (Phi) is 8.02. The standard InChI is InChI=1S/C20H18N2O6S.ClH/c23-19(27-14-16-8-3-1-4-9-16)18-12-7-13-22(18)29(25,26)21-20(24)28-15-17-10-5-2-6-11-17;/h1-13H,14-15H2,(H,21,24);1H. The van der Waals surface area contributed by atoms with Crippen molar-refractivity contribution in [1.82, 2.24) is 8.69 Å². The molecule has 8 nitrogen and oxygen atoms in total. The van der Waals surface area contributed by atoms with Gasteiger partial charge in [-0.15, -0.1) is 12.4 Å². The van der Waals surface area contributed by atoms with Crippen LogP contribution >= 0.6 is 12.4 Å². The fraction of sp³-hybridized carbons (Fsp3) is 0.100. The van der Waals surface area contributed by atoms with Gasteiger partial charge in [0.05, 0.1) is 0 Å². The molecule has 2 aromatic carbocycles. The summed E-state index contributed by atoms with van der Waals surface area (Å²) in [6.45, 7) is -0.114. The zero-order valence-electron chi connectivity index (χ0n) is 15.6. The van der Waals surface area contributed by atoms with Crippen molar-refractivity contribution in [3.8, 4) is 0 Å². The first-order valence-corrected chi connectivity index (χ1v) is 10.0. The van der Waals surface area contributed by atoms with Crippen LogP contribution in [0.5, 0.6) is 0 Å². The van der Waals surface area contributed by atoms with Gasteiger partial charge in [-0.25, -0.2) is 18.3 Å². The minimum absolute atomic E-state index is 0. The predicted molar refractivity (Wildman–Crippen MR) is 111 cm³/mol. The first-order valence-electron chi connectivity index (χ1n) is 8.58. The number of hydrogen-bond donors (Lipinski definition) is 1. The number of rotatable bonds is 7. The molecule has 3 rings (SSSR count). The zero-order valence-corrected chi connectivity index (χ0v) is 17.3. The third kappa shape index (κ3) is 6.10. The third-order valence-electron chi connectivity index (χ3n) is 3.82. The Labute approximate surface area is 180 Å². The SMILES string of the molecule is Cl.O=C(NS(=O)(=O)n1cccc1C(=O)OCc1ccccc1)OCc1ccccc1. The van der Waals surface area contributed by atoms with Gasteiger partial charge >= 0.3 is 22.3 Å². The van der Waals surface area contributed by atoms with Gasteiger partial charge in [0.1, 0.15) is 18.9 Å². The lowest BCUT2D eigenvalue weighted by atomic mass is 10.2. The maximum absolute atomic E-state index is 12.5. The molecular formula is C20H19ClN2O6S. The highest BCUT2D eigenvalue weighted by molar-refractivity contribution is 7.88. The Bertz CT molecular complexity index is 1080. The van der Waals surface area contributed by atoms with Crippen molar-refractivity contribution < 1.29 is 27.5 Å². The number of nitrogens with zero attached hydrogens (tertiary/aromatic N) is 1. The summed E-state index contributed by atoms with van der Waals surface area (Å²) in [7, 11) is -4.39. The van der Waals surface area contributed by atoms with Crippen molar-refractivity contribution in [2.75, 3.05) is 0 Å². The van der Waals surface area contributed by atoms with Crippen molar-refractivity contribution in [3.63, 3.8) is 0 Å². The average molecular weight is 451 g/mol. The summed E-state index contributed by atoms with van der Waals surface area (Å²) in [5, 5.41) is 0. The van der Waals surface area contributed by atoms with Crippen molar-refractivity contribution >= 4 is 34.7 Å². The maximum Gasteiger partial charge on any atom is 0.422 e. The van der Waals surface area contributed by atoms with Gasteiger partial charge < -0.3 is 9.47 Å². The molecule has 1 aromatic heterocycles. The van der Waals surface area contributed by atoms with Crippen LogP contribution in [0.25, 0.3) is 0 Å². The van der Waals surface area contributed by atoms with Gasteiger partial charge in [0.15, 0.2) is 0 Å². The third-order valence-corrected chi connectivity index (χ3v) is 5.08. The predicted octanol–water partition coefficient (Wildman–Crippen LogP) is 3.29. The van der Waals surface area contributed by atoms with E-state index < -0.39 is 22.3 Å². The van der Waals surface area contributed by atoms with E-state index in [1.165, 1.54) is 12.1 Å². The van der Waals surface area contributed by atoms with Gasteiger partial charge in [0.2, 0.25) is 0 Å². The summed E-state index contributed by atoms with van der Waals surface area (Å²) < 4.78 is 37.4. The molecule has 0 radical (unpaired) electrons. The van der Waals surface area contributed by atoms with Crippen LogP contribution in [0.15, 0.2) is 79.0 Å². The lowest BCUT2D eigenvalue weighted by Crippen LogP contribution is -2.36. The Morgan fingerprint density at radius 1 is 0.800 bits per heavy atom. The summed E-state index contributed by atoms with van der Waals surface area (Å²) in [4.78, 5) is 24.2. The van der Waals surface area contributed by atoms with Crippen molar-refractivity contribution in [3.05, 3.63) is 95.8 Å². The maximum atomic E-state index is 12.5. The van der Waals surface area contributed by atoms with Crippen LogP contribution in [-0.2, 0) is 32.9 Å². The number of nitrogens with one attached hydrogen (secondary N) is 1. The van der Waals surface area contributed by atoms with E-state index in [9.17, 15) is 18.0 Å². The van der Waals surface area contributed by atoms with Crippen LogP contribution in [0, 0.1) is 0 Å². The molecule has 0 bridgehead atoms. The quantitative estimate of drug-likeness (QED) is 0.554. The summed E-state index contributed by atoms with van der Waals surface area (Å²) >= 11 is 0. The molecule has 1 heterocycles. The van der Waals surface area contributed by atoms with E-state index in [0.717, 1.165) is 11.8 Å². The normalized spacial score (nSPS) is 10.5. The van der Waals surface area contributed by atoms with Gasteiger partial charge in [-0.05, 0) is 23.3 Å². The second kappa shape index (κ2) is 10.5. The van der Waals surface area contributed by atoms with E-state index in [1.54, 1.807) is 59.3 Å². The first-order chi connectivity index (χ1) is 14.0. The zero-order chi connectivity index (χ0) is 20.7. The highest BCUT2D eigenvalue weighted by Gasteiger charge is 2.24. The largest absolute Gasteiger partial charge is 0.456 e. The van der Waals surface area contributed by atoms with Gasteiger partial charge in [0.25, 0.3) is 0 Å². The Morgan fingerprint density at radius 2 is 1.33 bits per heavy atom. The average Bonchev–Trinajstić information content (AvgIpc) is 3.23. The lowest BCUT2D eigenvalue weighted by Gasteiger charge is -2.11. The van der Waals surface area contributed by atoms with Crippen LogP contribution in [0.3, 0.4) is 0 Å². The van der Waals surface area contributed by atoms with Crippen LogP contribution < -0.4 is 4.72 Å². The molecule has 0 unspecified atom stereocenters. The monoisotopic (exact) mass is 450 g/mol. The first kappa shape index (κ1) is 23.0. The van der Waals surface area contributed by atoms with Crippen LogP contribution in [-0.4, -0.2) is 24.5 Å². The molecule has 0 spiro atoms. The summed E-state index contributed by atoms with van der Waals surface area (Å²) in [6, 6.07) is 20.4.